The van der Waals surface area contributed by atoms with E-state index in [1.54, 1.807) is 24.3 Å². The zero-order valence-electron chi connectivity index (χ0n) is 12.6. The summed E-state index contributed by atoms with van der Waals surface area (Å²) in [6.07, 6.45) is 3.95. The van der Waals surface area contributed by atoms with Crippen LogP contribution < -0.4 is 10.6 Å². The summed E-state index contributed by atoms with van der Waals surface area (Å²) in [5.41, 5.74) is 1.44. The first-order chi connectivity index (χ1) is 10.6. The molecule has 0 saturated carbocycles. The van der Waals surface area contributed by atoms with Gasteiger partial charge in [-0.05, 0) is 37.6 Å². The van der Waals surface area contributed by atoms with Gasteiger partial charge < -0.3 is 10.6 Å². The molecule has 0 fully saturated rings. The number of carbonyl (C=O) groups is 2. The number of Topliss-reactive ketones (excluding diaryl/α,β-unsaturated/α-hetero) is 1. The Labute approximate surface area is 129 Å². The van der Waals surface area contributed by atoms with Crippen molar-refractivity contribution in [3.8, 4) is 0 Å². The van der Waals surface area contributed by atoms with Crippen LogP contribution in [0.25, 0.3) is 0 Å². The Bertz CT molecular complexity index is 651. The lowest BCUT2D eigenvalue weighted by atomic mass is 10.1. The number of nitrogens with one attached hydrogen (secondary N) is 2. The van der Waals surface area contributed by atoms with Crippen LogP contribution in [0.15, 0.2) is 36.7 Å². The normalized spacial score (nSPS) is 10.1. The predicted octanol–water partition coefficient (Wildman–Crippen LogP) is 2.75. The highest BCUT2D eigenvalue weighted by Crippen LogP contribution is 2.11. The zero-order valence-corrected chi connectivity index (χ0v) is 12.6. The minimum Gasteiger partial charge on any atom is -0.369 e. The van der Waals surface area contributed by atoms with Gasteiger partial charge in [-0.3, -0.25) is 9.59 Å². The van der Waals surface area contributed by atoms with E-state index in [0.29, 0.717) is 17.1 Å². The average molecular weight is 298 g/mol. The van der Waals surface area contributed by atoms with Gasteiger partial charge in [0.15, 0.2) is 5.78 Å². The van der Waals surface area contributed by atoms with E-state index in [4.69, 9.17) is 0 Å². The van der Waals surface area contributed by atoms with Crippen molar-refractivity contribution >= 4 is 23.2 Å². The van der Waals surface area contributed by atoms with E-state index >= 15 is 0 Å². The summed E-state index contributed by atoms with van der Waals surface area (Å²) >= 11 is 0. The van der Waals surface area contributed by atoms with Gasteiger partial charge in [-0.25, -0.2) is 9.97 Å². The molecule has 1 aromatic carbocycles. The van der Waals surface area contributed by atoms with E-state index in [1.165, 1.54) is 19.3 Å². The van der Waals surface area contributed by atoms with Crippen LogP contribution in [0.3, 0.4) is 0 Å². The molecule has 2 rings (SSSR count). The Morgan fingerprint density at radius 3 is 2.36 bits per heavy atom. The van der Waals surface area contributed by atoms with Crippen molar-refractivity contribution in [2.24, 2.45) is 0 Å². The monoisotopic (exact) mass is 298 g/mol. The molecule has 1 heterocycles. The van der Waals surface area contributed by atoms with Crippen LogP contribution in [-0.4, -0.2) is 28.2 Å². The van der Waals surface area contributed by atoms with Crippen molar-refractivity contribution in [3.63, 3.8) is 0 Å². The van der Waals surface area contributed by atoms with Gasteiger partial charge in [-0.15, -0.1) is 0 Å². The molecule has 0 aliphatic carbocycles. The molecule has 0 aliphatic rings. The first-order valence-electron chi connectivity index (χ1n) is 7.08. The molecule has 0 bridgehead atoms. The Balaban J connectivity index is 2.00. The standard InChI is InChI=1S/C16H18N4O2/c1-3-8-17-15-10-18-14(9-19-15)16(22)20-13-6-4-12(5-7-13)11(2)21/h4-7,9-10H,3,8H2,1-2H3,(H,17,19)(H,20,22). The van der Waals surface area contributed by atoms with Crippen molar-refractivity contribution < 1.29 is 9.59 Å². The summed E-state index contributed by atoms with van der Waals surface area (Å²) in [5, 5.41) is 5.80. The van der Waals surface area contributed by atoms with Crippen LogP contribution in [0.1, 0.15) is 41.1 Å². The molecule has 6 nitrogen and oxygen atoms in total. The lowest BCUT2D eigenvalue weighted by Gasteiger charge is -2.06. The molecule has 1 amide bonds. The van der Waals surface area contributed by atoms with Crippen molar-refractivity contribution in [3.05, 3.63) is 47.9 Å². The Hall–Kier alpha value is -2.76. The van der Waals surface area contributed by atoms with E-state index in [-0.39, 0.29) is 17.4 Å². The highest BCUT2D eigenvalue weighted by atomic mass is 16.2. The summed E-state index contributed by atoms with van der Waals surface area (Å²) in [6, 6.07) is 6.70. The molecule has 2 N–H and O–H groups in total. The molecule has 114 valence electrons. The molecule has 0 atom stereocenters. The average Bonchev–Trinajstić information content (AvgIpc) is 2.54. The van der Waals surface area contributed by atoms with Crippen molar-refractivity contribution in [1.29, 1.82) is 0 Å². The van der Waals surface area contributed by atoms with Gasteiger partial charge in [0.1, 0.15) is 11.5 Å². The van der Waals surface area contributed by atoms with Crippen LogP contribution in [0.2, 0.25) is 0 Å². The molecular formula is C16H18N4O2. The highest BCUT2D eigenvalue weighted by molar-refractivity contribution is 6.03. The van der Waals surface area contributed by atoms with Gasteiger partial charge in [0, 0.05) is 17.8 Å². The number of rotatable bonds is 6. The summed E-state index contributed by atoms with van der Waals surface area (Å²) in [6.45, 7) is 4.36. The highest BCUT2D eigenvalue weighted by Gasteiger charge is 2.09. The maximum Gasteiger partial charge on any atom is 0.275 e. The fourth-order valence-electron chi connectivity index (χ4n) is 1.77. The molecule has 6 heteroatoms. The predicted molar refractivity (Wildman–Crippen MR) is 85.2 cm³/mol. The Morgan fingerprint density at radius 1 is 1.09 bits per heavy atom. The summed E-state index contributed by atoms with van der Waals surface area (Å²) < 4.78 is 0. The first kappa shape index (κ1) is 15.6. The number of benzene rings is 1. The lowest BCUT2D eigenvalue weighted by molar-refractivity contribution is 0.101. The largest absolute Gasteiger partial charge is 0.369 e. The second-order valence-electron chi connectivity index (χ2n) is 4.80. The maximum absolute atomic E-state index is 12.1. The third-order valence-electron chi connectivity index (χ3n) is 2.99. The Morgan fingerprint density at radius 2 is 1.82 bits per heavy atom. The van der Waals surface area contributed by atoms with Crippen molar-refractivity contribution in [2.45, 2.75) is 20.3 Å². The third-order valence-corrected chi connectivity index (χ3v) is 2.99. The second kappa shape index (κ2) is 7.31. The van der Waals surface area contributed by atoms with Crippen molar-refractivity contribution in [2.75, 3.05) is 17.2 Å². The fourth-order valence-corrected chi connectivity index (χ4v) is 1.77. The van der Waals surface area contributed by atoms with Crippen LogP contribution in [0, 0.1) is 0 Å². The molecule has 0 unspecified atom stereocenters. The maximum atomic E-state index is 12.1. The zero-order chi connectivity index (χ0) is 15.9. The first-order valence-corrected chi connectivity index (χ1v) is 7.08. The second-order valence-corrected chi connectivity index (χ2v) is 4.80. The number of ketones is 1. The molecule has 22 heavy (non-hydrogen) atoms. The summed E-state index contributed by atoms with van der Waals surface area (Å²) in [7, 11) is 0. The van der Waals surface area contributed by atoms with E-state index in [1.807, 2.05) is 0 Å². The number of amides is 1. The minimum atomic E-state index is -0.342. The number of anilines is 2. The minimum absolute atomic E-state index is 0.0149. The van der Waals surface area contributed by atoms with E-state index in [0.717, 1.165) is 13.0 Å². The molecule has 0 aliphatic heterocycles. The fraction of sp³-hybridized carbons (Fsp3) is 0.250. The van der Waals surface area contributed by atoms with E-state index < -0.39 is 0 Å². The van der Waals surface area contributed by atoms with Gasteiger partial charge >= 0.3 is 0 Å². The SMILES string of the molecule is CCCNc1cnc(C(=O)Nc2ccc(C(C)=O)cc2)cn1. The number of nitrogens with zero attached hydrogens (tertiary/aromatic N) is 2. The number of aromatic nitrogens is 2. The number of hydrogen-bond donors (Lipinski definition) is 2. The van der Waals surface area contributed by atoms with Crippen molar-refractivity contribution in [1.82, 2.24) is 9.97 Å². The van der Waals surface area contributed by atoms with Crippen LogP contribution >= 0.6 is 0 Å². The quantitative estimate of drug-likeness (QED) is 0.801. The van der Waals surface area contributed by atoms with E-state index in [9.17, 15) is 9.59 Å². The van der Waals surface area contributed by atoms with E-state index in [2.05, 4.69) is 27.5 Å². The molecule has 0 spiro atoms. The topological polar surface area (TPSA) is 84.0 Å². The summed E-state index contributed by atoms with van der Waals surface area (Å²) in [5.74, 6) is 0.285. The van der Waals surface area contributed by atoms with Crippen LogP contribution in [0.5, 0.6) is 0 Å². The van der Waals surface area contributed by atoms with Crippen LogP contribution in [-0.2, 0) is 0 Å². The van der Waals surface area contributed by atoms with Gasteiger partial charge in [0.2, 0.25) is 0 Å². The van der Waals surface area contributed by atoms with Crippen LogP contribution in [0.4, 0.5) is 11.5 Å². The molecule has 2 aromatic rings. The van der Waals surface area contributed by atoms with Gasteiger partial charge in [-0.2, -0.15) is 0 Å². The van der Waals surface area contributed by atoms with Gasteiger partial charge in [0.25, 0.3) is 5.91 Å². The molecule has 0 saturated heterocycles. The summed E-state index contributed by atoms with van der Waals surface area (Å²) in [4.78, 5) is 31.5. The Kier molecular flexibility index (Phi) is 5.19. The van der Waals surface area contributed by atoms with Gasteiger partial charge in [-0.1, -0.05) is 6.92 Å². The molecule has 0 radical (unpaired) electrons. The molecular weight excluding hydrogens is 280 g/mol. The molecule has 1 aromatic heterocycles. The third kappa shape index (κ3) is 4.12. The van der Waals surface area contributed by atoms with Gasteiger partial charge in [0.05, 0.1) is 12.4 Å². The number of hydrogen-bond acceptors (Lipinski definition) is 5. The number of carbonyl (C=O) groups excluding carboxylic acids is 2. The smallest absolute Gasteiger partial charge is 0.275 e. The lowest BCUT2D eigenvalue weighted by Crippen LogP contribution is -2.14.